The Morgan fingerprint density at radius 3 is 2.27 bits per heavy atom. The number of hydrogen-bond acceptors (Lipinski definition) is 2. The van der Waals surface area contributed by atoms with Gasteiger partial charge in [0.2, 0.25) is 0 Å². The van der Waals surface area contributed by atoms with Crippen molar-refractivity contribution in [2.75, 3.05) is 13.1 Å². The molecule has 0 radical (unpaired) electrons. The van der Waals surface area contributed by atoms with Gasteiger partial charge in [0.15, 0.2) is 0 Å². The highest BCUT2D eigenvalue weighted by Crippen LogP contribution is 2.01. The van der Waals surface area contributed by atoms with Gasteiger partial charge in [0.25, 0.3) is 0 Å². The summed E-state index contributed by atoms with van der Waals surface area (Å²) in [6.45, 7) is 5.00. The highest BCUT2D eigenvalue weighted by Gasteiger charge is 2.17. The zero-order valence-electron chi connectivity index (χ0n) is 9.38. The van der Waals surface area contributed by atoms with Gasteiger partial charge in [-0.1, -0.05) is 26.7 Å². The minimum Gasteiger partial charge on any atom is -0.338 e. The minimum atomic E-state index is -0.711. The van der Waals surface area contributed by atoms with Crippen LogP contribution in [0.4, 0.5) is 9.59 Å². The van der Waals surface area contributed by atoms with Crippen molar-refractivity contribution in [1.29, 1.82) is 0 Å². The van der Waals surface area contributed by atoms with Crippen LogP contribution in [-0.2, 0) is 0 Å². The zero-order chi connectivity index (χ0) is 11.7. The van der Waals surface area contributed by atoms with Crippen LogP contribution < -0.4 is 5.32 Å². The molecule has 0 atom stereocenters. The van der Waals surface area contributed by atoms with E-state index >= 15 is 0 Å². The van der Waals surface area contributed by atoms with E-state index in [4.69, 9.17) is 11.6 Å². The van der Waals surface area contributed by atoms with E-state index in [-0.39, 0.29) is 0 Å². The van der Waals surface area contributed by atoms with Gasteiger partial charge in [-0.25, -0.2) is 4.79 Å². The summed E-state index contributed by atoms with van der Waals surface area (Å²) in [4.78, 5) is 23.5. The predicted molar refractivity (Wildman–Crippen MR) is 61.2 cm³/mol. The van der Waals surface area contributed by atoms with Gasteiger partial charge in [0, 0.05) is 13.1 Å². The molecule has 0 aliphatic carbocycles. The number of rotatable bonds is 6. The van der Waals surface area contributed by atoms with Crippen LogP contribution in [0.25, 0.3) is 0 Å². The molecule has 0 aromatic rings. The summed E-state index contributed by atoms with van der Waals surface area (Å²) in [6.07, 6.45) is 3.61. The molecule has 4 nitrogen and oxygen atoms in total. The van der Waals surface area contributed by atoms with Crippen molar-refractivity contribution in [3.05, 3.63) is 0 Å². The molecule has 0 aromatic heterocycles. The smallest absolute Gasteiger partial charge is 0.325 e. The maximum absolute atomic E-state index is 11.5. The topological polar surface area (TPSA) is 49.4 Å². The second-order valence-corrected chi connectivity index (χ2v) is 3.67. The standard InChI is InChI=1S/C10H19ClN2O2/c1-3-5-7-12-10(15)13(9(11)14)8-6-4-2/h3-8H2,1-2H3,(H,12,15). The third-order valence-electron chi connectivity index (χ3n) is 2.00. The summed E-state index contributed by atoms with van der Waals surface area (Å²) in [5, 5.41) is 1.94. The van der Waals surface area contributed by atoms with E-state index in [2.05, 4.69) is 5.32 Å². The lowest BCUT2D eigenvalue weighted by Crippen LogP contribution is -2.42. The van der Waals surface area contributed by atoms with Crippen LogP contribution in [0.2, 0.25) is 0 Å². The molecule has 0 bridgehead atoms. The first-order valence-electron chi connectivity index (χ1n) is 5.38. The van der Waals surface area contributed by atoms with E-state index in [1.54, 1.807) is 0 Å². The van der Waals surface area contributed by atoms with Crippen molar-refractivity contribution in [2.24, 2.45) is 0 Å². The Balaban J connectivity index is 3.99. The highest BCUT2D eigenvalue weighted by molar-refractivity contribution is 6.64. The largest absolute Gasteiger partial charge is 0.338 e. The van der Waals surface area contributed by atoms with Crippen molar-refractivity contribution >= 4 is 23.0 Å². The normalized spacial score (nSPS) is 9.80. The monoisotopic (exact) mass is 234 g/mol. The van der Waals surface area contributed by atoms with E-state index in [1.807, 2.05) is 13.8 Å². The van der Waals surface area contributed by atoms with Crippen LogP contribution >= 0.6 is 11.6 Å². The lowest BCUT2D eigenvalue weighted by molar-refractivity contribution is 0.198. The molecule has 15 heavy (non-hydrogen) atoms. The van der Waals surface area contributed by atoms with Gasteiger partial charge < -0.3 is 5.32 Å². The number of urea groups is 1. The number of unbranched alkanes of at least 4 members (excludes halogenated alkanes) is 2. The van der Waals surface area contributed by atoms with Gasteiger partial charge in [-0.2, -0.15) is 0 Å². The minimum absolute atomic E-state index is 0.386. The van der Waals surface area contributed by atoms with Crippen molar-refractivity contribution in [2.45, 2.75) is 39.5 Å². The van der Waals surface area contributed by atoms with Gasteiger partial charge in [-0.3, -0.25) is 9.69 Å². The molecule has 0 rings (SSSR count). The second kappa shape index (κ2) is 8.53. The van der Waals surface area contributed by atoms with Crippen LogP contribution in [-0.4, -0.2) is 29.4 Å². The Morgan fingerprint density at radius 1 is 1.20 bits per heavy atom. The maximum Gasteiger partial charge on any atom is 0.325 e. The number of carbonyl (C=O) groups excluding carboxylic acids is 2. The highest BCUT2D eigenvalue weighted by atomic mass is 35.5. The molecule has 0 heterocycles. The maximum atomic E-state index is 11.5. The molecule has 0 saturated carbocycles. The number of nitrogens with zero attached hydrogens (tertiary/aromatic N) is 1. The lowest BCUT2D eigenvalue weighted by Gasteiger charge is -2.17. The van der Waals surface area contributed by atoms with E-state index < -0.39 is 11.4 Å². The average Bonchev–Trinajstić information content (AvgIpc) is 2.18. The van der Waals surface area contributed by atoms with Crippen LogP contribution in [0, 0.1) is 0 Å². The molecule has 0 spiro atoms. The van der Waals surface area contributed by atoms with E-state index in [0.717, 1.165) is 30.6 Å². The molecule has 5 heteroatoms. The summed E-state index contributed by atoms with van der Waals surface area (Å²) >= 11 is 5.31. The number of hydrogen-bond donors (Lipinski definition) is 1. The predicted octanol–water partition coefficient (Wildman–Crippen LogP) is 2.96. The van der Waals surface area contributed by atoms with E-state index in [9.17, 15) is 9.59 Å². The molecule has 0 aliphatic rings. The van der Waals surface area contributed by atoms with Crippen molar-refractivity contribution in [3.8, 4) is 0 Å². The number of nitrogens with one attached hydrogen (secondary N) is 1. The molecular weight excluding hydrogens is 216 g/mol. The molecular formula is C10H19ClN2O2. The third-order valence-corrected chi connectivity index (χ3v) is 2.20. The van der Waals surface area contributed by atoms with Crippen LogP contribution in [0.5, 0.6) is 0 Å². The summed E-state index contributed by atoms with van der Waals surface area (Å²) in [5.41, 5.74) is 0. The van der Waals surface area contributed by atoms with E-state index in [1.165, 1.54) is 0 Å². The molecule has 0 aliphatic heterocycles. The van der Waals surface area contributed by atoms with Gasteiger partial charge in [0.05, 0.1) is 0 Å². The summed E-state index contributed by atoms with van der Waals surface area (Å²) < 4.78 is 0. The SMILES string of the molecule is CCCCNC(=O)N(CCCC)C(=O)Cl. The van der Waals surface area contributed by atoms with Crippen molar-refractivity contribution < 1.29 is 9.59 Å². The van der Waals surface area contributed by atoms with Crippen LogP contribution in [0.15, 0.2) is 0 Å². The molecule has 3 amide bonds. The fraction of sp³-hybridized carbons (Fsp3) is 0.800. The fourth-order valence-electron chi connectivity index (χ4n) is 1.05. The first kappa shape index (κ1) is 14.2. The Morgan fingerprint density at radius 2 is 1.80 bits per heavy atom. The van der Waals surface area contributed by atoms with Gasteiger partial charge in [0.1, 0.15) is 0 Å². The molecule has 88 valence electrons. The molecule has 0 saturated heterocycles. The number of amides is 3. The third kappa shape index (κ3) is 6.33. The average molecular weight is 235 g/mol. The first-order valence-corrected chi connectivity index (χ1v) is 5.76. The van der Waals surface area contributed by atoms with Gasteiger partial charge in [-0.05, 0) is 24.4 Å². The Labute approximate surface area is 96.0 Å². The first-order chi connectivity index (χ1) is 7.13. The summed E-state index contributed by atoms with van der Waals surface area (Å²) in [6, 6.07) is -0.392. The van der Waals surface area contributed by atoms with Gasteiger partial charge >= 0.3 is 11.4 Å². The Hall–Kier alpha value is -0.770. The number of imide groups is 1. The van der Waals surface area contributed by atoms with Crippen molar-refractivity contribution in [1.82, 2.24) is 10.2 Å². The second-order valence-electron chi connectivity index (χ2n) is 3.34. The Bertz CT molecular complexity index is 210. The Kier molecular flexibility index (Phi) is 8.09. The van der Waals surface area contributed by atoms with Crippen LogP contribution in [0.1, 0.15) is 39.5 Å². The zero-order valence-corrected chi connectivity index (χ0v) is 10.1. The fourth-order valence-corrected chi connectivity index (χ4v) is 1.21. The lowest BCUT2D eigenvalue weighted by atomic mass is 10.3. The number of carbonyl (C=O) groups is 2. The molecule has 1 N–H and O–H groups in total. The van der Waals surface area contributed by atoms with Gasteiger partial charge in [-0.15, -0.1) is 0 Å². The summed E-state index contributed by atoms with van der Waals surface area (Å²) in [7, 11) is 0. The van der Waals surface area contributed by atoms with Crippen molar-refractivity contribution in [3.63, 3.8) is 0 Å². The van der Waals surface area contributed by atoms with E-state index in [0.29, 0.717) is 13.1 Å². The summed E-state index contributed by atoms with van der Waals surface area (Å²) in [5.74, 6) is 0. The quantitative estimate of drug-likeness (QED) is 0.436. The molecule has 0 aromatic carbocycles. The number of halogens is 1. The molecule has 0 fully saturated rings. The molecule has 0 unspecified atom stereocenters. The van der Waals surface area contributed by atoms with Crippen LogP contribution in [0.3, 0.4) is 0 Å².